The Balaban J connectivity index is 1.80. The van der Waals surface area contributed by atoms with Gasteiger partial charge in [-0.3, -0.25) is 4.79 Å². The van der Waals surface area contributed by atoms with Crippen molar-refractivity contribution in [2.45, 2.75) is 37.1 Å². The average Bonchev–Trinajstić information content (AvgIpc) is 3.27. The number of sulfonamides is 1. The molecular weight excluding hydrogens is 364 g/mol. The lowest BCUT2D eigenvalue weighted by molar-refractivity contribution is 0.0941. The zero-order valence-electron chi connectivity index (χ0n) is 13.4. The fourth-order valence-electron chi connectivity index (χ4n) is 2.78. The first-order valence-electron chi connectivity index (χ1n) is 7.92. The van der Waals surface area contributed by atoms with Gasteiger partial charge in [-0.05, 0) is 42.7 Å². The third kappa shape index (κ3) is 3.56. The molecule has 1 unspecified atom stereocenters. The summed E-state index contributed by atoms with van der Waals surface area (Å²) >= 11 is 2.74. The predicted molar refractivity (Wildman–Crippen MR) is 97.1 cm³/mol. The molecule has 0 aromatic carbocycles. The minimum atomic E-state index is -3.60. The van der Waals surface area contributed by atoms with Crippen LogP contribution in [-0.2, 0) is 10.0 Å². The third-order valence-electron chi connectivity index (χ3n) is 4.09. The van der Waals surface area contributed by atoms with E-state index in [1.165, 1.54) is 15.6 Å². The van der Waals surface area contributed by atoms with E-state index in [9.17, 15) is 13.2 Å². The minimum Gasteiger partial charge on any atom is -0.344 e. The molecule has 130 valence electrons. The molecule has 5 nitrogen and oxygen atoms in total. The Morgan fingerprint density at radius 1 is 1.17 bits per heavy atom. The van der Waals surface area contributed by atoms with Gasteiger partial charge in [0.25, 0.3) is 5.91 Å². The fourth-order valence-corrected chi connectivity index (χ4v) is 6.34. The number of piperidine rings is 1. The molecule has 1 aliphatic heterocycles. The number of nitrogens with zero attached hydrogens (tertiary/aromatic N) is 1. The van der Waals surface area contributed by atoms with Crippen molar-refractivity contribution in [3.05, 3.63) is 38.7 Å². The number of carbonyl (C=O) groups is 1. The zero-order valence-corrected chi connectivity index (χ0v) is 15.8. The first-order chi connectivity index (χ1) is 11.5. The molecule has 3 heterocycles. The van der Waals surface area contributed by atoms with Crippen LogP contribution in [0, 0.1) is 0 Å². The molecule has 1 fully saturated rings. The highest BCUT2D eigenvalue weighted by Gasteiger charge is 2.31. The molecule has 1 aliphatic rings. The maximum Gasteiger partial charge on any atom is 0.263 e. The Hall–Kier alpha value is -1.22. The van der Waals surface area contributed by atoms with E-state index in [0.717, 1.165) is 24.1 Å². The molecule has 0 saturated carbocycles. The van der Waals surface area contributed by atoms with Crippen LogP contribution in [-0.4, -0.2) is 31.7 Å². The summed E-state index contributed by atoms with van der Waals surface area (Å²) in [6.07, 6.45) is 2.81. The van der Waals surface area contributed by atoms with Crippen LogP contribution in [0.5, 0.6) is 0 Å². The first-order valence-corrected chi connectivity index (χ1v) is 11.1. The van der Waals surface area contributed by atoms with E-state index in [1.807, 2.05) is 24.4 Å². The maximum atomic E-state index is 12.8. The van der Waals surface area contributed by atoms with Crippen LogP contribution >= 0.6 is 22.7 Å². The molecule has 0 spiro atoms. The second-order valence-corrected chi connectivity index (χ2v) is 9.59. The van der Waals surface area contributed by atoms with Crippen molar-refractivity contribution < 1.29 is 13.2 Å². The average molecular weight is 385 g/mol. The Morgan fingerprint density at radius 3 is 2.58 bits per heavy atom. The molecule has 1 amide bonds. The van der Waals surface area contributed by atoms with Gasteiger partial charge in [0.15, 0.2) is 0 Å². The number of thiophene rings is 2. The molecule has 1 N–H and O–H groups in total. The van der Waals surface area contributed by atoms with E-state index in [1.54, 1.807) is 22.8 Å². The maximum absolute atomic E-state index is 12.8. The molecule has 0 aliphatic carbocycles. The van der Waals surface area contributed by atoms with Gasteiger partial charge >= 0.3 is 0 Å². The molecule has 2 aromatic rings. The van der Waals surface area contributed by atoms with E-state index >= 15 is 0 Å². The molecule has 3 rings (SSSR count). The lowest BCUT2D eigenvalue weighted by atomic mass is 10.2. The summed E-state index contributed by atoms with van der Waals surface area (Å²) in [5, 5.41) is 6.52. The van der Waals surface area contributed by atoms with Crippen LogP contribution in [0.25, 0.3) is 0 Å². The number of hydrogen-bond acceptors (Lipinski definition) is 5. The zero-order chi connectivity index (χ0) is 17.2. The monoisotopic (exact) mass is 384 g/mol. The van der Waals surface area contributed by atoms with E-state index < -0.39 is 10.0 Å². The predicted octanol–water partition coefficient (Wildman–Crippen LogP) is 3.48. The smallest absolute Gasteiger partial charge is 0.263 e. The van der Waals surface area contributed by atoms with Crippen LogP contribution in [0.1, 0.15) is 46.8 Å². The largest absolute Gasteiger partial charge is 0.344 e. The van der Waals surface area contributed by atoms with Gasteiger partial charge in [0.1, 0.15) is 9.77 Å². The van der Waals surface area contributed by atoms with Gasteiger partial charge in [0, 0.05) is 18.0 Å². The molecule has 1 saturated heterocycles. The summed E-state index contributed by atoms with van der Waals surface area (Å²) in [5.41, 5.74) is 0. The Morgan fingerprint density at radius 2 is 1.92 bits per heavy atom. The van der Waals surface area contributed by atoms with Crippen molar-refractivity contribution in [1.82, 2.24) is 9.62 Å². The highest BCUT2D eigenvalue weighted by Crippen LogP contribution is 2.28. The lowest BCUT2D eigenvalue weighted by Crippen LogP contribution is -2.36. The molecule has 2 aromatic heterocycles. The highest BCUT2D eigenvalue weighted by molar-refractivity contribution is 7.89. The second kappa shape index (κ2) is 7.35. The first kappa shape index (κ1) is 17.6. The summed E-state index contributed by atoms with van der Waals surface area (Å²) < 4.78 is 27.2. The summed E-state index contributed by atoms with van der Waals surface area (Å²) in [7, 11) is -3.60. The fraction of sp³-hybridized carbons (Fsp3) is 0.438. The van der Waals surface area contributed by atoms with Crippen molar-refractivity contribution in [2.75, 3.05) is 13.1 Å². The van der Waals surface area contributed by atoms with E-state index in [4.69, 9.17) is 0 Å². The molecule has 1 atom stereocenters. The quantitative estimate of drug-likeness (QED) is 0.858. The van der Waals surface area contributed by atoms with Gasteiger partial charge in [0.05, 0.1) is 6.04 Å². The number of hydrogen-bond donors (Lipinski definition) is 1. The Bertz CT molecular complexity index is 790. The van der Waals surface area contributed by atoms with Crippen LogP contribution in [0.4, 0.5) is 0 Å². The van der Waals surface area contributed by atoms with Crippen molar-refractivity contribution in [3.8, 4) is 0 Å². The number of rotatable bonds is 5. The van der Waals surface area contributed by atoms with Crippen LogP contribution in [0.2, 0.25) is 0 Å². The Kier molecular flexibility index (Phi) is 5.39. The molecular formula is C16H20N2O3S3. The van der Waals surface area contributed by atoms with Gasteiger partial charge in [-0.1, -0.05) is 12.5 Å². The van der Waals surface area contributed by atoms with Crippen LogP contribution < -0.4 is 5.32 Å². The topological polar surface area (TPSA) is 66.5 Å². The minimum absolute atomic E-state index is 0.130. The number of nitrogens with one attached hydrogen (secondary N) is 1. The van der Waals surface area contributed by atoms with E-state index in [-0.39, 0.29) is 21.7 Å². The molecule has 0 radical (unpaired) electrons. The van der Waals surface area contributed by atoms with Gasteiger partial charge in [-0.25, -0.2) is 8.42 Å². The van der Waals surface area contributed by atoms with E-state index in [0.29, 0.717) is 13.1 Å². The SMILES string of the molecule is CC(NC(=O)c1sccc1S(=O)(=O)N1CCCCC1)c1cccs1. The molecule has 24 heavy (non-hydrogen) atoms. The Labute approximate surface area is 150 Å². The third-order valence-corrected chi connectivity index (χ3v) is 8.12. The highest BCUT2D eigenvalue weighted by atomic mass is 32.2. The normalized spacial score (nSPS) is 17.5. The molecule has 0 bridgehead atoms. The molecule has 8 heteroatoms. The number of amides is 1. The second-order valence-electron chi connectivity index (χ2n) is 5.79. The van der Waals surface area contributed by atoms with Crippen molar-refractivity contribution >= 4 is 38.6 Å². The lowest BCUT2D eigenvalue weighted by Gasteiger charge is -2.25. The summed E-state index contributed by atoms with van der Waals surface area (Å²) in [6.45, 7) is 2.96. The number of carbonyl (C=O) groups excluding carboxylic acids is 1. The summed E-state index contributed by atoms with van der Waals surface area (Å²) in [6, 6.07) is 5.28. The van der Waals surface area contributed by atoms with Gasteiger partial charge in [-0.15, -0.1) is 22.7 Å². The van der Waals surface area contributed by atoms with Crippen LogP contribution in [0.3, 0.4) is 0 Å². The van der Waals surface area contributed by atoms with Crippen LogP contribution in [0.15, 0.2) is 33.9 Å². The van der Waals surface area contributed by atoms with Gasteiger partial charge in [0.2, 0.25) is 10.0 Å². The summed E-state index contributed by atoms with van der Waals surface area (Å²) in [4.78, 5) is 14.0. The van der Waals surface area contributed by atoms with Gasteiger partial charge < -0.3 is 5.32 Å². The standard InChI is InChI=1S/C16H20N2O3S3/c1-12(13-6-5-10-22-13)17-16(19)15-14(7-11-23-15)24(20,21)18-8-3-2-4-9-18/h5-7,10-12H,2-4,8-9H2,1H3,(H,17,19). The van der Waals surface area contributed by atoms with Crippen molar-refractivity contribution in [2.24, 2.45) is 0 Å². The van der Waals surface area contributed by atoms with Gasteiger partial charge in [-0.2, -0.15) is 4.31 Å². The van der Waals surface area contributed by atoms with Crippen molar-refractivity contribution in [1.29, 1.82) is 0 Å². The summed E-state index contributed by atoms with van der Waals surface area (Å²) in [5.74, 6) is -0.332. The van der Waals surface area contributed by atoms with E-state index in [2.05, 4.69) is 5.32 Å². The van der Waals surface area contributed by atoms with Crippen molar-refractivity contribution in [3.63, 3.8) is 0 Å².